The Labute approximate surface area is 120 Å². The molecule has 4 N–H and O–H groups in total. The van der Waals surface area contributed by atoms with Gasteiger partial charge in [0.25, 0.3) is 0 Å². The maximum absolute atomic E-state index is 11.0. The van der Waals surface area contributed by atoms with Crippen molar-refractivity contribution >= 4 is 34.6 Å². The largest absolute Gasteiger partial charge is 0.497 e. The zero-order valence-corrected chi connectivity index (χ0v) is 11.4. The molecule has 0 aliphatic heterocycles. The summed E-state index contributed by atoms with van der Waals surface area (Å²) in [6, 6.07) is 9.84. The number of halogens is 1. The average Bonchev–Trinajstić information content (AvgIpc) is 2.43. The van der Waals surface area contributed by atoms with Gasteiger partial charge in [-0.1, -0.05) is 17.7 Å². The molecule has 20 heavy (non-hydrogen) atoms. The zero-order chi connectivity index (χ0) is 14.7. The predicted octanol–water partition coefficient (Wildman–Crippen LogP) is 3.37. The van der Waals surface area contributed by atoms with E-state index in [1.165, 1.54) is 6.07 Å². The van der Waals surface area contributed by atoms with Gasteiger partial charge in [-0.25, -0.2) is 4.79 Å². The number of para-hydroxylation sites is 1. The average molecular weight is 293 g/mol. The number of ether oxygens (including phenoxy) is 1. The lowest BCUT2D eigenvalue weighted by Gasteiger charge is -2.13. The van der Waals surface area contributed by atoms with Crippen LogP contribution in [0.3, 0.4) is 0 Å². The SMILES string of the molecule is COc1ccc(Cl)c(Nc2cccc(C(=O)O)c2N)c1. The second-order valence-corrected chi connectivity index (χ2v) is 4.45. The molecule has 0 bridgehead atoms. The molecule has 2 aromatic rings. The molecule has 0 saturated heterocycles. The van der Waals surface area contributed by atoms with Crippen molar-refractivity contribution < 1.29 is 14.6 Å². The van der Waals surface area contributed by atoms with Crippen LogP contribution in [0.2, 0.25) is 5.02 Å². The second-order valence-electron chi connectivity index (χ2n) is 4.04. The topological polar surface area (TPSA) is 84.6 Å². The van der Waals surface area contributed by atoms with Gasteiger partial charge in [0.05, 0.1) is 34.8 Å². The fourth-order valence-corrected chi connectivity index (χ4v) is 1.90. The number of hydrogen-bond acceptors (Lipinski definition) is 4. The van der Waals surface area contributed by atoms with Gasteiger partial charge in [0.15, 0.2) is 0 Å². The van der Waals surface area contributed by atoms with Crippen molar-refractivity contribution in [3.05, 3.63) is 47.0 Å². The molecule has 0 aliphatic rings. The summed E-state index contributed by atoms with van der Waals surface area (Å²) in [6.07, 6.45) is 0. The van der Waals surface area contributed by atoms with Crippen molar-refractivity contribution in [3.63, 3.8) is 0 Å². The zero-order valence-electron chi connectivity index (χ0n) is 10.7. The van der Waals surface area contributed by atoms with Crippen molar-refractivity contribution in [2.45, 2.75) is 0 Å². The van der Waals surface area contributed by atoms with Gasteiger partial charge in [-0.15, -0.1) is 0 Å². The highest BCUT2D eigenvalue weighted by Gasteiger charge is 2.12. The van der Waals surface area contributed by atoms with E-state index >= 15 is 0 Å². The molecule has 5 nitrogen and oxygen atoms in total. The van der Waals surface area contributed by atoms with Crippen molar-refractivity contribution in [1.29, 1.82) is 0 Å². The van der Waals surface area contributed by atoms with Crippen LogP contribution in [-0.2, 0) is 0 Å². The summed E-state index contributed by atoms with van der Waals surface area (Å²) in [7, 11) is 1.55. The van der Waals surface area contributed by atoms with Crippen LogP contribution in [0.15, 0.2) is 36.4 Å². The van der Waals surface area contributed by atoms with E-state index in [-0.39, 0.29) is 11.3 Å². The maximum Gasteiger partial charge on any atom is 0.337 e. The van der Waals surface area contributed by atoms with Gasteiger partial charge in [0.1, 0.15) is 5.75 Å². The smallest absolute Gasteiger partial charge is 0.337 e. The fraction of sp³-hybridized carbons (Fsp3) is 0.0714. The quantitative estimate of drug-likeness (QED) is 0.752. The minimum atomic E-state index is -1.08. The summed E-state index contributed by atoms with van der Waals surface area (Å²) >= 11 is 6.08. The van der Waals surface area contributed by atoms with Crippen LogP contribution in [0.5, 0.6) is 5.75 Å². The summed E-state index contributed by atoms with van der Waals surface area (Å²) in [5.41, 5.74) is 7.08. The highest BCUT2D eigenvalue weighted by molar-refractivity contribution is 6.33. The van der Waals surface area contributed by atoms with Gasteiger partial charge < -0.3 is 20.9 Å². The Balaban J connectivity index is 2.40. The first kappa shape index (κ1) is 14.0. The highest BCUT2D eigenvalue weighted by Crippen LogP contribution is 2.32. The maximum atomic E-state index is 11.0. The monoisotopic (exact) mass is 292 g/mol. The van der Waals surface area contributed by atoms with Gasteiger partial charge in [0, 0.05) is 6.07 Å². The Morgan fingerprint density at radius 3 is 2.70 bits per heavy atom. The number of carboxylic acids is 1. The van der Waals surface area contributed by atoms with Crippen LogP contribution in [0.4, 0.5) is 17.1 Å². The first-order valence-electron chi connectivity index (χ1n) is 5.75. The van der Waals surface area contributed by atoms with Crippen LogP contribution in [-0.4, -0.2) is 18.2 Å². The third kappa shape index (κ3) is 2.78. The van der Waals surface area contributed by atoms with E-state index in [2.05, 4.69) is 5.32 Å². The minimum absolute atomic E-state index is 0.0361. The molecule has 0 aromatic heterocycles. The van der Waals surface area contributed by atoms with E-state index in [0.717, 1.165) is 0 Å². The third-order valence-electron chi connectivity index (χ3n) is 2.78. The number of anilines is 3. The van der Waals surface area contributed by atoms with Gasteiger partial charge in [-0.05, 0) is 24.3 Å². The lowest BCUT2D eigenvalue weighted by Crippen LogP contribution is -2.05. The summed E-state index contributed by atoms with van der Waals surface area (Å²) < 4.78 is 5.12. The van der Waals surface area contributed by atoms with E-state index in [0.29, 0.717) is 22.1 Å². The molecule has 0 fully saturated rings. The first-order chi connectivity index (χ1) is 9.52. The summed E-state index contributed by atoms with van der Waals surface area (Å²) in [5, 5.41) is 12.5. The summed E-state index contributed by atoms with van der Waals surface area (Å²) in [5.74, 6) is -0.451. The van der Waals surface area contributed by atoms with E-state index < -0.39 is 5.97 Å². The number of nitrogens with two attached hydrogens (primary N) is 1. The Kier molecular flexibility index (Phi) is 4.00. The number of rotatable bonds is 4. The Morgan fingerprint density at radius 1 is 1.30 bits per heavy atom. The van der Waals surface area contributed by atoms with Crippen molar-refractivity contribution in [1.82, 2.24) is 0 Å². The van der Waals surface area contributed by atoms with Crippen molar-refractivity contribution in [2.24, 2.45) is 0 Å². The standard InChI is InChI=1S/C14H13ClN2O3/c1-20-8-5-6-10(15)12(7-8)17-11-4-2-3-9(13(11)16)14(18)19/h2-7,17H,16H2,1H3,(H,18,19). The number of aromatic carboxylic acids is 1. The van der Waals surface area contributed by atoms with Crippen LogP contribution >= 0.6 is 11.6 Å². The highest BCUT2D eigenvalue weighted by atomic mass is 35.5. The van der Waals surface area contributed by atoms with Gasteiger partial charge >= 0.3 is 5.97 Å². The molecule has 104 valence electrons. The lowest BCUT2D eigenvalue weighted by molar-refractivity contribution is 0.0698. The molecule has 0 spiro atoms. The molecule has 0 heterocycles. The Hall–Kier alpha value is -2.40. The van der Waals surface area contributed by atoms with Crippen LogP contribution in [0.1, 0.15) is 10.4 Å². The molecule has 0 radical (unpaired) electrons. The Bertz CT molecular complexity index is 659. The summed E-state index contributed by atoms with van der Waals surface area (Å²) in [4.78, 5) is 11.0. The number of carbonyl (C=O) groups is 1. The van der Waals surface area contributed by atoms with E-state index in [1.807, 2.05) is 0 Å². The van der Waals surface area contributed by atoms with Crippen LogP contribution < -0.4 is 15.8 Å². The third-order valence-corrected chi connectivity index (χ3v) is 3.11. The van der Waals surface area contributed by atoms with Gasteiger partial charge in [-0.2, -0.15) is 0 Å². The molecule has 0 saturated carbocycles. The molecule has 6 heteroatoms. The normalized spacial score (nSPS) is 10.1. The molecule has 0 amide bonds. The van der Waals surface area contributed by atoms with Gasteiger partial charge in [0.2, 0.25) is 0 Å². The number of nitrogens with one attached hydrogen (secondary N) is 1. The van der Waals surface area contributed by atoms with Crippen LogP contribution in [0, 0.1) is 0 Å². The van der Waals surface area contributed by atoms with E-state index in [4.69, 9.17) is 27.2 Å². The van der Waals surface area contributed by atoms with E-state index in [1.54, 1.807) is 37.4 Å². The molecule has 2 aromatic carbocycles. The summed E-state index contributed by atoms with van der Waals surface area (Å²) in [6.45, 7) is 0. The molecular formula is C14H13ClN2O3. The van der Waals surface area contributed by atoms with Gasteiger partial charge in [-0.3, -0.25) is 0 Å². The number of carboxylic acid groups (broad SMARTS) is 1. The fourth-order valence-electron chi connectivity index (χ4n) is 1.73. The number of hydrogen-bond donors (Lipinski definition) is 3. The Morgan fingerprint density at radius 2 is 2.05 bits per heavy atom. The lowest BCUT2D eigenvalue weighted by atomic mass is 10.1. The number of methoxy groups -OCH3 is 1. The molecule has 0 unspecified atom stereocenters. The molecular weight excluding hydrogens is 280 g/mol. The molecule has 0 aliphatic carbocycles. The predicted molar refractivity (Wildman–Crippen MR) is 79.1 cm³/mol. The van der Waals surface area contributed by atoms with E-state index in [9.17, 15) is 4.79 Å². The van der Waals surface area contributed by atoms with Crippen LogP contribution in [0.25, 0.3) is 0 Å². The minimum Gasteiger partial charge on any atom is -0.497 e. The number of benzene rings is 2. The molecule has 2 rings (SSSR count). The second kappa shape index (κ2) is 5.71. The first-order valence-corrected chi connectivity index (χ1v) is 6.13. The van der Waals surface area contributed by atoms with Crippen molar-refractivity contribution in [2.75, 3.05) is 18.2 Å². The van der Waals surface area contributed by atoms with Crippen molar-refractivity contribution in [3.8, 4) is 5.75 Å². The molecule has 0 atom stereocenters. The number of nitrogen functional groups attached to an aromatic ring is 1.